The van der Waals surface area contributed by atoms with Crippen molar-refractivity contribution in [3.63, 3.8) is 0 Å². The Hall–Kier alpha value is -1.42. The van der Waals surface area contributed by atoms with E-state index in [4.69, 9.17) is 0 Å². The highest BCUT2D eigenvalue weighted by atomic mass is 127. The van der Waals surface area contributed by atoms with Gasteiger partial charge in [0, 0.05) is 19.3 Å². The lowest BCUT2D eigenvalue weighted by Gasteiger charge is -2.30. The van der Waals surface area contributed by atoms with E-state index in [2.05, 4.69) is 44.6 Å². The monoisotopic (exact) mass is 485 g/mol. The van der Waals surface area contributed by atoms with E-state index < -0.39 is 0 Å². The SMILES string of the molecule is CCNC(=NCc1nnc2ccccn12)NCCCN1CCC(C)CC1.I. The van der Waals surface area contributed by atoms with Crippen molar-refractivity contribution in [1.29, 1.82) is 0 Å². The van der Waals surface area contributed by atoms with Gasteiger partial charge in [-0.25, -0.2) is 4.99 Å². The van der Waals surface area contributed by atoms with Crippen LogP contribution >= 0.6 is 24.0 Å². The van der Waals surface area contributed by atoms with E-state index in [1.165, 1.54) is 25.9 Å². The summed E-state index contributed by atoms with van der Waals surface area (Å²) in [5.74, 6) is 2.58. The van der Waals surface area contributed by atoms with Gasteiger partial charge in [-0.15, -0.1) is 34.2 Å². The Morgan fingerprint density at radius 2 is 2.04 bits per heavy atom. The Kier molecular flexibility index (Phi) is 9.26. The van der Waals surface area contributed by atoms with E-state index >= 15 is 0 Å². The summed E-state index contributed by atoms with van der Waals surface area (Å²) in [4.78, 5) is 7.24. The third-order valence-corrected chi connectivity index (χ3v) is 4.93. The molecular formula is C19H32IN7. The van der Waals surface area contributed by atoms with Crippen molar-refractivity contribution in [3.05, 3.63) is 30.2 Å². The summed E-state index contributed by atoms with van der Waals surface area (Å²) in [6, 6.07) is 5.89. The second kappa shape index (κ2) is 11.4. The van der Waals surface area contributed by atoms with Crippen LogP contribution in [0.1, 0.15) is 38.9 Å². The number of nitrogens with zero attached hydrogens (tertiary/aromatic N) is 5. The number of likely N-dealkylation sites (tertiary alicyclic amines) is 1. The molecule has 1 fully saturated rings. The third kappa shape index (κ3) is 6.60. The predicted molar refractivity (Wildman–Crippen MR) is 121 cm³/mol. The zero-order valence-electron chi connectivity index (χ0n) is 16.4. The fourth-order valence-electron chi connectivity index (χ4n) is 3.29. The van der Waals surface area contributed by atoms with Crippen molar-refractivity contribution < 1.29 is 0 Å². The zero-order valence-corrected chi connectivity index (χ0v) is 18.7. The maximum absolute atomic E-state index is 4.66. The third-order valence-electron chi connectivity index (χ3n) is 4.93. The molecule has 7 nitrogen and oxygen atoms in total. The highest BCUT2D eigenvalue weighted by molar-refractivity contribution is 14.0. The molecule has 0 bridgehead atoms. The number of aliphatic imine (C=N–C) groups is 1. The van der Waals surface area contributed by atoms with Crippen molar-refractivity contribution >= 4 is 35.6 Å². The number of hydrogen-bond acceptors (Lipinski definition) is 4. The van der Waals surface area contributed by atoms with Crippen LogP contribution in [0, 0.1) is 5.92 Å². The lowest BCUT2D eigenvalue weighted by atomic mass is 9.99. The summed E-state index contributed by atoms with van der Waals surface area (Å²) in [5, 5.41) is 15.1. The van der Waals surface area contributed by atoms with E-state index in [0.29, 0.717) is 6.54 Å². The first-order chi connectivity index (χ1) is 12.8. The molecular weight excluding hydrogens is 453 g/mol. The molecule has 150 valence electrons. The summed E-state index contributed by atoms with van der Waals surface area (Å²) in [7, 11) is 0. The first kappa shape index (κ1) is 21.9. The average Bonchev–Trinajstić information content (AvgIpc) is 3.08. The molecule has 0 unspecified atom stereocenters. The van der Waals surface area contributed by atoms with Crippen molar-refractivity contribution in [2.24, 2.45) is 10.9 Å². The number of nitrogens with one attached hydrogen (secondary N) is 2. The van der Waals surface area contributed by atoms with Crippen LogP contribution in [0.5, 0.6) is 0 Å². The standard InChI is InChI=1S/C19H31N7.HI/c1-3-20-19(21-10-6-11-25-13-8-16(2)9-14-25)22-15-18-24-23-17-7-4-5-12-26(17)18;/h4-5,7,12,16H,3,6,8-11,13-15H2,1-2H3,(H2,20,21,22);1H. The minimum Gasteiger partial charge on any atom is -0.357 e. The van der Waals surface area contributed by atoms with Crippen LogP contribution in [0.25, 0.3) is 5.65 Å². The van der Waals surface area contributed by atoms with Gasteiger partial charge in [-0.3, -0.25) is 4.40 Å². The number of pyridine rings is 1. The van der Waals surface area contributed by atoms with Gasteiger partial charge in [0.25, 0.3) is 0 Å². The van der Waals surface area contributed by atoms with Gasteiger partial charge in [0.1, 0.15) is 6.54 Å². The molecule has 1 aliphatic rings. The summed E-state index contributed by atoms with van der Waals surface area (Å²) in [5.41, 5.74) is 0.853. The minimum absolute atomic E-state index is 0. The molecule has 0 radical (unpaired) electrons. The normalized spacial score (nSPS) is 16.3. The first-order valence-electron chi connectivity index (χ1n) is 9.79. The smallest absolute Gasteiger partial charge is 0.191 e. The number of guanidine groups is 1. The molecule has 3 rings (SSSR count). The van der Waals surface area contributed by atoms with Gasteiger partial charge in [-0.1, -0.05) is 13.0 Å². The number of piperidine rings is 1. The number of fused-ring (bicyclic) bond motifs is 1. The molecule has 27 heavy (non-hydrogen) atoms. The van der Waals surface area contributed by atoms with Crippen LogP contribution in [-0.2, 0) is 6.54 Å². The Labute approximate surface area is 179 Å². The highest BCUT2D eigenvalue weighted by Crippen LogP contribution is 2.15. The van der Waals surface area contributed by atoms with Gasteiger partial charge in [-0.2, -0.15) is 0 Å². The zero-order chi connectivity index (χ0) is 18.2. The molecule has 0 aromatic carbocycles. The maximum Gasteiger partial charge on any atom is 0.191 e. The van der Waals surface area contributed by atoms with Crippen molar-refractivity contribution in [2.75, 3.05) is 32.7 Å². The molecule has 0 aliphatic carbocycles. The first-order valence-corrected chi connectivity index (χ1v) is 9.79. The fraction of sp³-hybridized carbons (Fsp3) is 0.632. The Morgan fingerprint density at radius 3 is 2.81 bits per heavy atom. The van der Waals surface area contributed by atoms with E-state index in [1.54, 1.807) is 0 Å². The van der Waals surface area contributed by atoms with E-state index in [0.717, 1.165) is 49.4 Å². The molecule has 0 atom stereocenters. The molecule has 0 spiro atoms. The second-order valence-electron chi connectivity index (χ2n) is 7.04. The topological polar surface area (TPSA) is 69.8 Å². The number of rotatable bonds is 7. The largest absolute Gasteiger partial charge is 0.357 e. The molecule has 3 heterocycles. The Balaban J connectivity index is 0.00000261. The predicted octanol–water partition coefficient (Wildman–Crippen LogP) is 2.52. The molecule has 1 aliphatic heterocycles. The van der Waals surface area contributed by atoms with Gasteiger partial charge in [0.2, 0.25) is 0 Å². The molecule has 2 aromatic rings. The summed E-state index contributed by atoms with van der Waals surface area (Å²) in [6.07, 6.45) is 5.78. The van der Waals surface area contributed by atoms with E-state index in [9.17, 15) is 0 Å². The maximum atomic E-state index is 4.66. The fourth-order valence-corrected chi connectivity index (χ4v) is 3.29. The van der Waals surface area contributed by atoms with Gasteiger partial charge in [-0.05, 0) is 63.9 Å². The van der Waals surface area contributed by atoms with Crippen LogP contribution in [-0.4, -0.2) is 58.2 Å². The van der Waals surface area contributed by atoms with Gasteiger partial charge in [0.15, 0.2) is 17.4 Å². The number of aromatic nitrogens is 3. The van der Waals surface area contributed by atoms with E-state index in [1.807, 2.05) is 28.8 Å². The lowest BCUT2D eigenvalue weighted by Crippen LogP contribution is -2.39. The Morgan fingerprint density at radius 1 is 1.22 bits per heavy atom. The molecule has 8 heteroatoms. The van der Waals surface area contributed by atoms with Crippen molar-refractivity contribution in [3.8, 4) is 0 Å². The number of halogens is 1. The van der Waals surface area contributed by atoms with Gasteiger partial charge >= 0.3 is 0 Å². The number of hydrogen-bond donors (Lipinski definition) is 2. The van der Waals surface area contributed by atoms with Crippen LogP contribution in [0.4, 0.5) is 0 Å². The molecule has 2 N–H and O–H groups in total. The summed E-state index contributed by atoms with van der Waals surface area (Å²) in [6.45, 7) is 10.4. The van der Waals surface area contributed by atoms with Crippen LogP contribution in [0.15, 0.2) is 29.4 Å². The average molecular weight is 485 g/mol. The molecule has 1 saturated heterocycles. The van der Waals surface area contributed by atoms with Gasteiger partial charge in [0.05, 0.1) is 0 Å². The second-order valence-corrected chi connectivity index (χ2v) is 7.04. The molecule has 0 saturated carbocycles. The van der Waals surface area contributed by atoms with Crippen LogP contribution in [0.3, 0.4) is 0 Å². The quantitative estimate of drug-likeness (QED) is 0.273. The van der Waals surface area contributed by atoms with Gasteiger partial charge < -0.3 is 15.5 Å². The van der Waals surface area contributed by atoms with E-state index in [-0.39, 0.29) is 24.0 Å². The van der Waals surface area contributed by atoms with Crippen LogP contribution in [0.2, 0.25) is 0 Å². The lowest BCUT2D eigenvalue weighted by molar-refractivity contribution is 0.191. The van der Waals surface area contributed by atoms with Crippen LogP contribution < -0.4 is 10.6 Å². The Bertz CT molecular complexity index is 707. The summed E-state index contributed by atoms with van der Waals surface area (Å²) < 4.78 is 1.98. The minimum atomic E-state index is 0. The van der Waals surface area contributed by atoms with Crippen molar-refractivity contribution in [2.45, 2.75) is 39.7 Å². The highest BCUT2D eigenvalue weighted by Gasteiger charge is 2.14. The van der Waals surface area contributed by atoms with Crippen molar-refractivity contribution in [1.82, 2.24) is 30.1 Å². The summed E-state index contributed by atoms with van der Waals surface area (Å²) >= 11 is 0. The molecule has 2 aromatic heterocycles. The molecule has 0 amide bonds.